The molecule has 37 heavy (non-hydrogen) atoms. The maximum Gasteiger partial charge on any atom is 0.337 e. The van der Waals surface area contributed by atoms with Crippen LogP contribution in [-0.4, -0.2) is 22.9 Å². The molecule has 0 heterocycles. The molecular formula is C28H20ClFN2O4S. The van der Waals surface area contributed by atoms with Crippen LogP contribution in [0, 0.1) is 5.82 Å². The predicted molar refractivity (Wildman–Crippen MR) is 143 cm³/mol. The summed E-state index contributed by atoms with van der Waals surface area (Å²) in [5, 5.41) is 14.1. The van der Waals surface area contributed by atoms with Gasteiger partial charge in [0.1, 0.15) is 11.1 Å². The smallest absolute Gasteiger partial charge is 0.337 e. The standard InChI is InChI=1S/C28H20ClFN2O4S/c29-23-14-13-19(16-22(23)28(35)36)32-27(34)25(17-7-2-1-3-8-17)37-20-10-6-9-18(15-20)31-26(33)21-11-4-5-12-24(21)30/h1-16,25H,(H,31,33)(H,32,34)(H,35,36). The molecule has 0 aliphatic carbocycles. The zero-order valence-corrected chi connectivity index (χ0v) is 20.7. The molecule has 4 aromatic carbocycles. The molecule has 3 N–H and O–H groups in total. The molecule has 1 unspecified atom stereocenters. The van der Waals surface area contributed by atoms with Gasteiger partial charge < -0.3 is 15.7 Å². The van der Waals surface area contributed by atoms with Crippen LogP contribution in [0.3, 0.4) is 0 Å². The highest BCUT2D eigenvalue weighted by atomic mass is 35.5. The average molecular weight is 535 g/mol. The highest BCUT2D eigenvalue weighted by Gasteiger charge is 2.23. The quantitative estimate of drug-likeness (QED) is 0.214. The van der Waals surface area contributed by atoms with E-state index in [-0.39, 0.29) is 22.1 Å². The maximum atomic E-state index is 14.0. The third-order valence-electron chi connectivity index (χ3n) is 5.27. The van der Waals surface area contributed by atoms with Crippen molar-refractivity contribution in [2.75, 3.05) is 10.6 Å². The Kier molecular flexibility index (Phi) is 8.22. The largest absolute Gasteiger partial charge is 0.478 e. The molecule has 0 saturated carbocycles. The third-order valence-corrected chi connectivity index (χ3v) is 6.85. The molecule has 9 heteroatoms. The van der Waals surface area contributed by atoms with Crippen molar-refractivity contribution in [3.05, 3.63) is 125 Å². The van der Waals surface area contributed by atoms with E-state index in [4.69, 9.17) is 11.6 Å². The molecule has 0 saturated heterocycles. The minimum atomic E-state index is -1.20. The Labute approximate surface area is 221 Å². The highest BCUT2D eigenvalue weighted by Crippen LogP contribution is 2.37. The van der Waals surface area contributed by atoms with Gasteiger partial charge in [0.05, 0.1) is 16.1 Å². The van der Waals surface area contributed by atoms with Crippen LogP contribution in [-0.2, 0) is 4.79 Å². The first-order valence-electron chi connectivity index (χ1n) is 11.0. The number of carboxylic acid groups (broad SMARTS) is 1. The molecule has 0 spiro atoms. The molecule has 0 aromatic heterocycles. The Hall–Kier alpha value is -4.14. The molecule has 0 bridgehead atoms. The van der Waals surface area contributed by atoms with Crippen molar-refractivity contribution in [2.24, 2.45) is 0 Å². The molecule has 0 aliphatic rings. The topological polar surface area (TPSA) is 95.5 Å². The van der Waals surface area contributed by atoms with E-state index in [1.54, 1.807) is 30.3 Å². The van der Waals surface area contributed by atoms with E-state index in [0.29, 0.717) is 16.3 Å². The third kappa shape index (κ3) is 6.55. The lowest BCUT2D eigenvalue weighted by Crippen LogP contribution is -2.19. The second-order valence-electron chi connectivity index (χ2n) is 7.86. The molecule has 4 rings (SSSR count). The molecule has 4 aromatic rings. The summed E-state index contributed by atoms with van der Waals surface area (Å²) >= 11 is 7.19. The van der Waals surface area contributed by atoms with E-state index >= 15 is 0 Å². The zero-order valence-electron chi connectivity index (χ0n) is 19.2. The van der Waals surface area contributed by atoms with E-state index in [2.05, 4.69) is 10.6 Å². The van der Waals surface area contributed by atoms with Crippen LogP contribution >= 0.6 is 23.4 Å². The van der Waals surface area contributed by atoms with Crippen molar-refractivity contribution in [3.63, 3.8) is 0 Å². The van der Waals surface area contributed by atoms with Crippen LogP contribution < -0.4 is 10.6 Å². The molecule has 0 fully saturated rings. The summed E-state index contributed by atoms with van der Waals surface area (Å²) in [4.78, 5) is 38.0. The summed E-state index contributed by atoms with van der Waals surface area (Å²) in [5.74, 6) is -2.80. The van der Waals surface area contributed by atoms with Gasteiger partial charge in [-0.3, -0.25) is 9.59 Å². The van der Waals surface area contributed by atoms with E-state index < -0.39 is 22.9 Å². The lowest BCUT2D eigenvalue weighted by atomic mass is 10.1. The monoisotopic (exact) mass is 534 g/mol. The molecule has 6 nitrogen and oxygen atoms in total. The normalized spacial score (nSPS) is 11.4. The Bertz CT molecular complexity index is 1470. The summed E-state index contributed by atoms with van der Waals surface area (Å²) in [5.41, 5.74) is 1.25. The SMILES string of the molecule is O=C(Nc1cccc(SC(C(=O)Nc2ccc(Cl)c(C(=O)O)c2)c2ccccc2)c1)c1ccccc1F. The number of hydrogen-bond acceptors (Lipinski definition) is 4. The van der Waals surface area contributed by atoms with Gasteiger partial charge in [-0.05, 0) is 54.1 Å². The number of amides is 2. The number of anilines is 2. The van der Waals surface area contributed by atoms with Crippen molar-refractivity contribution >= 4 is 52.5 Å². The van der Waals surface area contributed by atoms with Gasteiger partial charge in [-0.25, -0.2) is 9.18 Å². The second kappa shape index (κ2) is 11.7. The number of aromatic carboxylic acids is 1. The van der Waals surface area contributed by atoms with Crippen molar-refractivity contribution in [1.29, 1.82) is 0 Å². The van der Waals surface area contributed by atoms with Gasteiger partial charge in [0, 0.05) is 16.3 Å². The lowest BCUT2D eigenvalue weighted by molar-refractivity contribution is -0.115. The number of benzene rings is 4. The number of nitrogens with one attached hydrogen (secondary N) is 2. The zero-order chi connectivity index (χ0) is 26.4. The maximum absolute atomic E-state index is 14.0. The first-order chi connectivity index (χ1) is 17.8. The Morgan fingerprint density at radius 3 is 2.22 bits per heavy atom. The van der Waals surface area contributed by atoms with Gasteiger partial charge in [-0.2, -0.15) is 0 Å². The predicted octanol–water partition coefficient (Wildman–Crippen LogP) is 6.90. The van der Waals surface area contributed by atoms with Gasteiger partial charge in [-0.15, -0.1) is 11.8 Å². The van der Waals surface area contributed by atoms with Gasteiger partial charge >= 0.3 is 5.97 Å². The lowest BCUT2D eigenvalue weighted by Gasteiger charge is -2.18. The van der Waals surface area contributed by atoms with Crippen LogP contribution in [0.4, 0.5) is 15.8 Å². The number of thioether (sulfide) groups is 1. The van der Waals surface area contributed by atoms with Gasteiger partial charge in [-0.1, -0.05) is 60.1 Å². The highest BCUT2D eigenvalue weighted by molar-refractivity contribution is 8.00. The van der Waals surface area contributed by atoms with Crippen molar-refractivity contribution in [3.8, 4) is 0 Å². The number of rotatable bonds is 8. The summed E-state index contributed by atoms with van der Waals surface area (Å²) < 4.78 is 14.0. The number of hydrogen-bond donors (Lipinski definition) is 3. The minimum Gasteiger partial charge on any atom is -0.478 e. The molecule has 1 atom stereocenters. The van der Waals surface area contributed by atoms with E-state index in [1.165, 1.54) is 48.2 Å². The fraction of sp³-hybridized carbons (Fsp3) is 0.0357. The first-order valence-corrected chi connectivity index (χ1v) is 12.3. The fourth-order valence-corrected chi connectivity index (χ4v) is 4.78. The van der Waals surface area contributed by atoms with E-state index in [1.807, 2.05) is 30.3 Å². The van der Waals surface area contributed by atoms with Gasteiger partial charge in [0.25, 0.3) is 5.91 Å². The molecular weight excluding hydrogens is 515 g/mol. The van der Waals surface area contributed by atoms with Crippen LogP contribution in [0.25, 0.3) is 0 Å². The van der Waals surface area contributed by atoms with Crippen LogP contribution in [0.1, 0.15) is 31.5 Å². The summed E-state index contributed by atoms with van der Waals surface area (Å²) in [7, 11) is 0. The summed E-state index contributed by atoms with van der Waals surface area (Å²) in [6.07, 6.45) is 0. The Morgan fingerprint density at radius 1 is 0.784 bits per heavy atom. The summed E-state index contributed by atoms with van der Waals surface area (Å²) in [6.45, 7) is 0. The summed E-state index contributed by atoms with van der Waals surface area (Å²) in [6, 6.07) is 25.9. The first kappa shape index (κ1) is 25.9. The van der Waals surface area contributed by atoms with Gasteiger partial charge in [0.15, 0.2) is 0 Å². The van der Waals surface area contributed by atoms with Crippen molar-refractivity contribution in [1.82, 2.24) is 0 Å². The second-order valence-corrected chi connectivity index (χ2v) is 9.45. The van der Waals surface area contributed by atoms with Gasteiger partial charge in [0.2, 0.25) is 5.91 Å². The van der Waals surface area contributed by atoms with Crippen LogP contribution in [0.2, 0.25) is 5.02 Å². The van der Waals surface area contributed by atoms with Crippen LogP contribution in [0.15, 0.2) is 102 Å². The van der Waals surface area contributed by atoms with Crippen molar-refractivity contribution in [2.45, 2.75) is 10.1 Å². The molecule has 0 radical (unpaired) electrons. The molecule has 0 aliphatic heterocycles. The number of carboxylic acids is 1. The minimum absolute atomic E-state index is 0.0636. The Balaban J connectivity index is 1.57. The average Bonchev–Trinajstić information content (AvgIpc) is 2.89. The molecule has 186 valence electrons. The fourth-order valence-electron chi connectivity index (χ4n) is 3.50. The number of halogens is 2. The Morgan fingerprint density at radius 2 is 1.49 bits per heavy atom. The van der Waals surface area contributed by atoms with Crippen molar-refractivity contribution < 1.29 is 23.9 Å². The van der Waals surface area contributed by atoms with E-state index in [0.717, 1.165) is 5.56 Å². The van der Waals surface area contributed by atoms with Crippen LogP contribution in [0.5, 0.6) is 0 Å². The number of carbonyl (C=O) groups excluding carboxylic acids is 2. The number of carbonyl (C=O) groups is 3. The van der Waals surface area contributed by atoms with E-state index in [9.17, 15) is 23.9 Å². The molecule has 2 amide bonds.